The quantitative estimate of drug-likeness (QED) is 0.368. The molecule has 11 nitrogen and oxygen atoms in total. The fraction of sp³-hybridized carbons (Fsp3) is 0.292. The number of benzene rings is 1. The maximum absolute atomic E-state index is 14.1. The van der Waals surface area contributed by atoms with Crippen molar-refractivity contribution in [3.05, 3.63) is 54.5 Å². The molecule has 0 spiro atoms. The van der Waals surface area contributed by atoms with Crippen LogP contribution in [0.1, 0.15) is 18.7 Å². The van der Waals surface area contributed by atoms with Crippen molar-refractivity contribution < 1.29 is 19.0 Å². The van der Waals surface area contributed by atoms with E-state index in [9.17, 15) is 9.50 Å². The summed E-state index contributed by atoms with van der Waals surface area (Å²) in [4.78, 5) is 13.1. The highest BCUT2D eigenvalue weighted by atomic mass is 19.1. The summed E-state index contributed by atoms with van der Waals surface area (Å²) in [5.74, 6) is 0.340. The zero-order valence-electron chi connectivity index (χ0n) is 19.2. The summed E-state index contributed by atoms with van der Waals surface area (Å²) in [5.41, 5.74) is 8.19. The minimum absolute atomic E-state index is 0.162. The highest BCUT2D eigenvalue weighted by Gasteiger charge is 2.21. The summed E-state index contributed by atoms with van der Waals surface area (Å²) < 4.78 is 29.0. The highest BCUT2D eigenvalue weighted by molar-refractivity contribution is 5.98. The zero-order valence-corrected chi connectivity index (χ0v) is 19.2. The number of aromatic hydroxyl groups is 1. The predicted octanol–water partition coefficient (Wildman–Crippen LogP) is 2.82. The van der Waals surface area contributed by atoms with Gasteiger partial charge in [0.15, 0.2) is 23.0 Å². The Kier molecular flexibility index (Phi) is 5.56. The Morgan fingerprint density at radius 3 is 2.86 bits per heavy atom. The molecular formula is C24H23FN8O3. The maximum atomic E-state index is 14.1. The molecule has 184 valence electrons. The first kappa shape index (κ1) is 22.2. The number of phenolic OH excluding ortho intramolecular Hbond substituents is 1. The van der Waals surface area contributed by atoms with Gasteiger partial charge in [0.05, 0.1) is 12.0 Å². The third-order valence-corrected chi connectivity index (χ3v) is 6.27. The fourth-order valence-electron chi connectivity index (χ4n) is 4.36. The summed E-state index contributed by atoms with van der Waals surface area (Å²) in [6.07, 6.45) is 5.08. The SMILES string of the molecule is Nc1ncnc2c1c(-c1ccc(O)c(F)c1)nn2Cc1nc(OCC2CCOCC2)c2cccn2n1. The molecule has 5 aromatic rings. The van der Waals surface area contributed by atoms with Crippen LogP contribution in [-0.2, 0) is 11.3 Å². The van der Waals surface area contributed by atoms with Crippen molar-refractivity contribution in [1.82, 2.24) is 34.3 Å². The van der Waals surface area contributed by atoms with Crippen LogP contribution in [-0.4, -0.2) is 59.3 Å². The molecule has 1 aliphatic heterocycles. The summed E-state index contributed by atoms with van der Waals surface area (Å²) in [7, 11) is 0. The molecule has 1 fully saturated rings. The fourth-order valence-corrected chi connectivity index (χ4v) is 4.36. The van der Waals surface area contributed by atoms with Crippen LogP contribution >= 0.6 is 0 Å². The molecule has 0 aliphatic carbocycles. The van der Waals surface area contributed by atoms with E-state index in [1.165, 1.54) is 18.5 Å². The van der Waals surface area contributed by atoms with Gasteiger partial charge in [-0.25, -0.2) is 23.6 Å². The van der Waals surface area contributed by atoms with Gasteiger partial charge in [0, 0.05) is 25.0 Å². The van der Waals surface area contributed by atoms with E-state index >= 15 is 0 Å². The van der Waals surface area contributed by atoms with E-state index < -0.39 is 11.6 Å². The lowest BCUT2D eigenvalue weighted by Gasteiger charge is -2.22. The molecule has 0 amide bonds. The average molecular weight is 490 g/mol. The Hall–Kier alpha value is -4.32. The van der Waals surface area contributed by atoms with E-state index in [0.717, 1.165) is 31.6 Å². The number of hydrogen-bond acceptors (Lipinski definition) is 9. The molecule has 0 saturated carbocycles. The van der Waals surface area contributed by atoms with Gasteiger partial charge < -0.3 is 20.3 Å². The number of rotatable bonds is 6. The van der Waals surface area contributed by atoms with Gasteiger partial charge in [0.25, 0.3) is 0 Å². The van der Waals surface area contributed by atoms with E-state index in [0.29, 0.717) is 46.5 Å². The Balaban J connectivity index is 1.37. The lowest BCUT2D eigenvalue weighted by Crippen LogP contribution is -2.22. The van der Waals surface area contributed by atoms with Gasteiger partial charge in [0.1, 0.15) is 29.9 Å². The summed E-state index contributed by atoms with van der Waals surface area (Å²) in [6, 6.07) is 7.79. The first-order valence-electron chi connectivity index (χ1n) is 11.6. The second kappa shape index (κ2) is 9.04. The van der Waals surface area contributed by atoms with Crippen LogP contribution in [0.5, 0.6) is 11.6 Å². The molecule has 6 rings (SSSR count). The molecule has 5 heterocycles. The largest absolute Gasteiger partial charge is 0.505 e. The second-order valence-electron chi connectivity index (χ2n) is 8.67. The van der Waals surface area contributed by atoms with Gasteiger partial charge in [-0.15, -0.1) is 0 Å². The number of anilines is 1. The number of hydrogen-bond donors (Lipinski definition) is 2. The van der Waals surface area contributed by atoms with Crippen molar-refractivity contribution in [2.75, 3.05) is 25.6 Å². The Morgan fingerprint density at radius 2 is 2.03 bits per heavy atom. The molecule has 0 radical (unpaired) electrons. The summed E-state index contributed by atoms with van der Waals surface area (Å²) in [5, 5.41) is 19.3. The predicted molar refractivity (Wildman–Crippen MR) is 128 cm³/mol. The molecule has 1 aromatic carbocycles. The van der Waals surface area contributed by atoms with E-state index in [1.807, 2.05) is 18.3 Å². The first-order chi connectivity index (χ1) is 17.6. The van der Waals surface area contributed by atoms with Crippen LogP contribution in [0.25, 0.3) is 27.8 Å². The third kappa shape index (κ3) is 4.05. The van der Waals surface area contributed by atoms with E-state index in [-0.39, 0.29) is 12.4 Å². The molecule has 0 unspecified atom stereocenters. The molecule has 12 heteroatoms. The minimum Gasteiger partial charge on any atom is -0.505 e. The van der Waals surface area contributed by atoms with Crippen LogP contribution in [0.4, 0.5) is 10.2 Å². The lowest BCUT2D eigenvalue weighted by molar-refractivity contribution is 0.0491. The van der Waals surface area contributed by atoms with E-state index in [1.54, 1.807) is 15.3 Å². The molecule has 0 atom stereocenters. The molecule has 36 heavy (non-hydrogen) atoms. The van der Waals surface area contributed by atoms with Gasteiger partial charge >= 0.3 is 0 Å². The number of nitrogens with zero attached hydrogens (tertiary/aromatic N) is 7. The molecule has 1 saturated heterocycles. The van der Waals surface area contributed by atoms with Crippen molar-refractivity contribution >= 4 is 22.4 Å². The molecule has 0 bridgehead atoms. The van der Waals surface area contributed by atoms with Crippen LogP contribution < -0.4 is 10.5 Å². The summed E-state index contributed by atoms with van der Waals surface area (Å²) >= 11 is 0. The molecular weight excluding hydrogens is 467 g/mol. The molecule has 3 N–H and O–H groups in total. The average Bonchev–Trinajstić information content (AvgIpc) is 3.51. The van der Waals surface area contributed by atoms with Gasteiger partial charge in [-0.2, -0.15) is 15.2 Å². The monoisotopic (exact) mass is 490 g/mol. The number of halogens is 1. The Bertz CT molecular complexity index is 1560. The number of aromatic nitrogens is 7. The third-order valence-electron chi connectivity index (χ3n) is 6.27. The number of nitrogens with two attached hydrogens (primary N) is 1. The highest BCUT2D eigenvalue weighted by Crippen LogP contribution is 2.32. The van der Waals surface area contributed by atoms with Crippen molar-refractivity contribution in [2.24, 2.45) is 5.92 Å². The number of phenols is 1. The summed E-state index contributed by atoms with van der Waals surface area (Å²) in [6.45, 7) is 2.20. The normalized spacial score (nSPS) is 14.6. The van der Waals surface area contributed by atoms with E-state index in [2.05, 4.69) is 25.1 Å². The van der Waals surface area contributed by atoms with Crippen LogP contribution in [0.3, 0.4) is 0 Å². The maximum Gasteiger partial charge on any atom is 0.241 e. The van der Waals surface area contributed by atoms with Crippen molar-refractivity contribution in [2.45, 2.75) is 19.4 Å². The number of ether oxygens (including phenoxy) is 2. The minimum atomic E-state index is -0.765. The van der Waals surface area contributed by atoms with Gasteiger partial charge in [-0.05, 0) is 49.1 Å². The van der Waals surface area contributed by atoms with E-state index in [4.69, 9.17) is 15.2 Å². The lowest BCUT2D eigenvalue weighted by atomic mass is 10.0. The van der Waals surface area contributed by atoms with Gasteiger partial charge in [0.2, 0.25) is 5.88 Å². The van der Waals surface area contributed by atoms with Crippen molar-refractivity contribution in [3.8, 4) is 22.9 Å². The standard InChI is InChI=1S/C24H23FN8O3/c25-16-10-15(3-4-18(16)34)21-20-22(26)27-13-28-23(20)33(31-21)11-19-29-24(17-2-1-7-32(17)30-19)36-12-14-5-8-35-9-6-14/h1-4,7,10,13-14,34H,5-6,8-9,11-12H2,(H2,26,27,28). The Labute approximate surface area is 204 Å². The second-order valence-corrected chi connectivity index (χ2v) is 8.67. The van der Waals surface area contributed by atoms with Crippen molar-refractivity contribution in [3.63, 3.8) is 0 Å². The number of fused-ring (bicyclic) bond motifs is 2. The van der Waals surface area contributed by atoms with Crippen LogP contribution in [0.2, 0.25) is 0 Å². The zero-order chi connectivity index (χ0) is 24.6. The smallest absolute Gasteiger partial charge is 0.241 e. The Morgan fingerprint density at radius 1 is 1.17 bits per heavy atom. The molecule has 4 aromatic heterocycles. The molecule has 1 aliphatic rings. The topological polar surface area (TPSA) is 138 Å². The first-order valence-corrected chi connectivity index (χ1v) is 11.6. The number of nitrogen functional groups attached to an aromatic ring is 1. The van der Waals surface area contributed by atoms with Crippen LogP contribution in [0.15, 0.2) is 42.9 Å². The van der Waals surface area contributed by atoms with Gasteiger partial charge in [-0.3, -0.25) is 0 Å². The van der Waals surface area contributed by atoms with Crippen LogP contribution in [0, 0.1) is 11.7 Å². The van der Waals surface area contributed by atoms with Crippen molar-refractivity contribution in [1.29, 1.82) is 0 Å². The van der Waals surface area contributed by atoms with Gasteiger partial charge in [-0.1, -0.05) is 0 Å².